The van der Waals surface area contributed by atoms with Crippen LogP contribution in [0, 0.1) is 11.3 Å². The fourth-order valence-corrected chi connectivity index (χ4v) is 1.41. The molecule has 16 heavy (non-hydrogen) atoms. The maximum atomic E-state index is 11.9. The van der Waals surface area contributed by atoms with E-state index in [0.29, 0.717) is 6.54 Å². The van der Waals surface area contributed by atoms with Gasteiger partial charge in [-0.2, -0.15) is 5.26 Å². The molecule has 0 saturated carbocycles. The number of aromatic nitrogens is 2. The van der Waals surface area contributed by atoms with Crippen molar-refractivity contribution in [3.05, 3.63) is 21.9 Å². The summed E-state index contributed by atoms with van der Waals surface area (Å²) in [4.78, 5) is 13.2. The van der Waals surface area contributed by atoms with E-state index in [9.17, 15) is 4.79 Å². The SMILES string of the molecule is CCN(CC#N)C(=O)c1cc(Cl)nnc1Cl. The Morgan fingerprint density at radius 2 is 2.25 bits per heavy atom. The third kappa shape index (κ3) is 2.81. The minimum absolute atomic E-state index is 0.00833. The molecule has 0 radical (unpaired) electrons. The summed E-state index contributed by atoms with van der Waals surface area (Å²) in [6, 6.07) is 3.23. The molecule has 1 heterocycles. The van der Waals surface area contributed by atoms with Crippen LogP contribution in [0.25, 0.3) is 0 Å². The van der Waals surface area contributed by atoms with Gasteiger partial charge < -0.3 is 4.90 Å². The van der Waals surface area contributed by atoms with E-state index in [0.717, 1.165) is 0 Å². The maximum Gasteiger partial charge on any atom is 0.258 e. The van der Waals surface area contributed by atoms with Gasteiger partial charge in [-0.15, -0.1) is 10.2 Å². The van der Waals surface area contributed by atoms with Crippen molar-refractivity contribution in [1.29, 1.82) is 5.26 Å². The van der Waals surface area contributed by atoms with Crippen LogP contribution in [-0.2, 0) is 0 Å². The summed E-state index contributed by atoms with van der Waals surface area (Å²) in [5.41, 5.74) is 0.152. The average molecular weight is 259 g/mol. The molecule has 0 spiro atoms. The summed E-state index contributed by atoms with van der Waals surface area (Å²) < 4.78 is 0. The monoisotopic (exact) mass is 258 g/mol. The van der Waals surface area contributed by atoms with E-state index in [1.54, 1.807) is 6.92 Å². The molecule has 0 fully saturated rings. The van der Waals surface area contributed by atoms with Crippen molar-refractivity contribution in [3.8, 4) is 6.07 Å². The molecular weight excluding hydrogens is 251 g/mol. The van der Waals surface area contributed by atoms with Gasteiger partial charge in [0.05, 0.1) is 11.6 Å². The number of amides is 1. The van der Waals surface area contributed by atoms with Crippen molar-refractivity contribution < 1.29 is 4.79 Å². The first-order valence-corrected chi connectivity index (χ1v) is 5.20. The van der Waals surface area contributed by atoms with E-state index in [-0.39, 0.29) is 28.3 Å². The van der Waals surface area contributed by atoms with Crippen LogP contribution < -0.4 is 0 Å². The van der Waals surface area contributed by atoms with Gasteiger partial charge in [0, 0.05) is 6.54 Å². The van der Waals surface area contributed by atoms with Crippen LogP contribution in [0.4, 0.5) is 0 Å². The molecule has 0 aliphatic carbocycles. The molecule has 1 aromatic heterocycles. The van der Waals surface area contributed by atoms with Gasteiger partial charge in [-0.1, -0.05) is 23.2 Å². The molecule has 7 heteroatoms. The predicted molar refractivity (Wildman–Crippen MR) is 59.2 cm³/mol. The molecule has 1 amide bonds. The van der Waals surface area contributed by atoms with Gasteiger partial charge in [-0.05, 0) is 13.0 Å². The first kappa shape index (κ1) is 12.7. The fraction of sp³-hybridized carbons (Fsp3) is 0.333. The lowest BCUT2D eigenvalue weighted by molar-refractivity contribution is 0.0783. The zero-order chi connectivity index (χ0) is 12.1. The van der Waals surface area contributed by atoms with Crippen molar-refractivity contribution in [2.45, 2.75) is 6.92 Å². The third-order valence-electron chi connectivity index (χ3n) is 1.88. The van der Waals surface area contributed by atoms with E-state index in [1.165, 1.54) is 11.0 Å². The van der Waals surface area contributed by atoms with Crippen molar-refractivity contribution in [1.82, 2.24) is 15.1 Å². The normalized spacial score (nSPS) is 9.62. The third-order valence-corrected chi connectivity index (χ3v) is 2.34. The molecule has 0 unspecified atom stereocenters. The first-order valence-electron chi connectivity index (χ1n) is 4.45. The van der Waals surface area contributed by atoms with Crippen LogP contribution in [0.2, 0.25) is 10.3 Å². The van der Waals surface area contributed by atoms with Crippen LogP contribution in [-0.4, -0.2) is 34.1 Å². The number of nitrogens with zero attached hydrogens (tertiary/aromatic N) is 4. The molecule has 0 atom stereocenters. The Hall–Kier alpha value is -1.38. The highest BCUT2D eigenvalue weighted by Crippen LogP contribution is 2.17. The number of carbonyl (C=O) groups is 1. The molecule has 84 valence electrons. The molecule has 0 aliphatic rings. The van der Waals surface area contributed by atoms with Crippen LogP contribution >= 0.6 is 23.2 Å². The fourth-order valence-electron chi connectivity index (χ4n) is 1.09. The van der Waals surface area contributed by atoms with Gasteiger partial charge in [0.15, 0.2) is 10.3 Å². The Morgan fingerprint density at radius 3 is 2.81 bits per heavy atom. The number of hydrogen-bond donors (Lipinski definition) is 0. The van der Waals surface area contributed by atoms with Gasteiger partial charge in [-0.25, -0.2) is 0 Å². The number of hydrogen-bond acceptors (Lipinski definition) is 4. The first-order chi connectivity index (χ1) is 7.60. The zero-order valence-electron chi connectivity index (χ0n) is 8.44. The predicted octanol–water partition coefficient (Wildman–Crippen LogP) is 1.77. The lowest BCUT2D eigenvalue weighted by Gasteiger charge is -2.17. The van der Waals surface area contributed by atoms with Crippen molar-refractivity contribution >= 4 is 29.1 Å². The zero-order valence-corrected chi connectivity index (χ0v) is 9.96. The average Bonchev–Trinajstić information content (AvgIpc) is 2.28. The van der Waals surface area contributed by atoms with Crippen molar-refractivity contribution in [2.24, 2.45) is 0 Å². The van der Waals surface area contributed by atoms with Gasteiger partial charge in [0.25, 0.3) is 5.91 Å². The second kappa shape index (κ2) is 5.64. The Labute approximate surface area is 103 Å². The number of halogens is 2. The quantitative estimate of drug-likeness (QED) is 0.775. The highest BCUT2D eigenvalue weighted by atomic mass is 35.5. The molecule has 0 N–H and O–H groups in total. The second-order valence-electron chi connectivity index (χ2n) is 2.85. The van der Waals surface area contributed by atoms with Crippen LogP contribution in [0.3, 0.4) is 0 Å². The highest BCUT2D eigenvalue weighted by molar-refractivity contribution is 6.34. The maximum absolute atomic E-state index is 11.9. The number of carbonyl (C=O) groups excluding carboxylic acids is 1. The molecule has 0 aromatic carbocycles. The minimum Gasteiger partial charge on any atom is -0.326 e. The molecule has 0 saturated heterocycles. The highest BCUT2D eigenvalue weighted by Gasteiger charge is 2.18. The molecule has 1 aromatic rings. The van der Waals surface area contributed by atoms with Gasteiger partial charge in [0.2, 0.25) is 0 Å². The van der Waals surface area contributed by atoms with E-state index in [4.69, 9.17) is 28.5 Å². The van der Waals surface area contributed by atoms with Crippen LogP contribution in [0.1, 0.15) is 17.3 Å². The Morgan fingerprint density at radius 1 is 1.56 bits per heavy atom. The molecule has 5 nitrogen and oxygen atoms in total. The van der Waals surface area contributed by atoms with E-state index < -0.39 is 0 Å². The summed E-state index contributed by atoms with van der Waals surface area (Å²) in [5.74, 6) is -0.383. The van der Waals surface area contributed by atoms with Gasteiger partial charge in [0.1, 0.15) is 6.54 Å². The Kier molecular flexibility index (Phi) is 4.47. The van der Waals surface area contributed by atoms with Crippen LogP contribution in [0.5, 0.6) is 0 Å². The largest absolute Gasteiger partial charge is 0.326 e. The van der Waals surface area contributed by atoms with Crippen LogP contribution in [0.15, 0.2) is 6.07 Å². The molecule has 0 aliphatic heterocycles. The van der Waals surface area contributed by atoms with E-state index >= 15 is 0 Å². The summed E-state index contributed by atoms with van der Waals surface area (Å²) in [7, 11) is 0. The lowest BCUT2D eigenvalue weighted by Crippen LogP contribution is -2.31. The summed E-state index contributed by atoms with van der Waals surface area (Å²) in [6.45, 7) is 2.16. The van der Waals surface area contributed by atoms with E-state index in [1.807, 2.05) is 6.07 Å². The Bertz CT molecular complexity index is 444. The molecule has 0 bridgehead atoms. The molecular formula is C9H8Cl2N4O. The topological polar surface area (TPSA) is 69.9 Å². The Balaban J connectivity index is 3.03. The minimum atomic E-state index is -0.383. The molecule has 1 rings (SSSR count). The summed E-state index contributed by atoms with van der Waals surface area (Å²) in [5, 5.41) is 15.6. The number of nitriles is 1. The second-order valence-corrected chi connectivity index (χ2v) is 3.59. The summed E-state index contributed by atoms with van der Waals surface area (Å²) in [6.07, 6.45) is 0. The van der Waals surface area contributed by atoms with Crippen molar-refractivity contribution in [2.75, 3.05) is 13.1 Å². The van der Waals surface area contributed by atoms with Gasteiger partial charge >= 0.3 is 0 Å². The standard InChI is InChI=1S/C9H8Cl2N4O/c1-2-15(4-3-12)9(16)6-5-7(10)13-14-8(6)11/h5H,2,4H2,1H3. The van der Waals surface area contributed by atoms with Crippen molar-refractivity contribution in [3.63, 3.8) is 0 Å². The smallest absolute Gasteiger partial charge is 0.258 e. The van der Waals surface area contributed by atoms with E-state index in [2.05, 4.69) is 10.2 Å². The lowest BCUT2D eigenvalue weighted by atomic mass is 10.2. The summed E-state index contributed by atoms with van der Waals surface area (Å²) >= 11 is 11.3. The van der Waals surface area contributed by atoms with Gasteiger partial charge in [-0.3, -0.25) is 4.79 Å². The number of rotatable bonds is 3.